The van der Waals surface area contributed by atoms with E-state index in [2.05, 4.69) is 4.72 Å². The molecule has 0 saturated carbocycles. The molecule has 3 aromatic rings. The lowest BCUT2D eigenvalue weighted by Crippen LogP contribution is -2.18. The Morgan fingerprint density at radius 2 is 1.48 bits per heavy atom. The summed E-state index contributed by atoms with van der Waals surface area (Å²) in [7, 11) is -5.91. The van der Waals surface area contributed by atoms with Crippen LogP contribution in [0.2, 0.25) is 5.02 Å². The lowest BCUT2D eigenvalue weighted by molar-refractivity contribution is 0.600. The second-order valence-corrected chi connectivity index (χ2v) is 10.5. The van der Waals surface area contributed by atoms with Gasteiger partial charge in [0.2, 0.25) is 0 Å². The van der Waals surface area contributed by atoms with Crippen molar-refractivity contribution in [2.75, 3.05) is 22.9 Å². The number of hydrogen-bond acceptors (Lipinski definition) is 5. The van der Waals surface area contributed by atoms with Gasteiger partial charge in [0.25, 0.3) is 10.0 Å². The van der Waals surface area contributed by atoms with Crippen molar-refractivity contribution in [3.63, 3.8) is 0 Å². The Labute approximate surface area is 175 Å². The second-order valence-electron chi connectivity index (χ2n) is 6.38. The highest BCUT2D eigenvalue weighted by atomic mass is 35.5. The monoisotopic (exact) mass is 450 g/mol. The van der Waals surface area contributed by atoms with Gasteiger partial charge in [-0.3, -0.25) is 4.72 Å². The summed E-state index contributed by atoms with van der Waals surface area (Å²) in [5.74, 6) is 0. The van der Waals surface area contributed by atoms with Crippen LogP contribution in [0.5, 0.6) is 0 Å². The molecule has 0 aliphatic carbocycles. The topological polar surface area (TPSA) is 83.6 Å². The smallest absolute Gasteiger partial charge is 0.263 e. The fraction of sp³-hybridized carbons (Fsp3) is 0.100. The van der Waals surface area contributed by atoms with Crippen molar-refractivity contribution in [3.05, 3.63) is 77.8 Å². The quantitative estimate of drug-likeness (QED) is 0.604. The van der Waals surface area contributed by atoms with Crippen LogP contribution in [-0.2, 0) is 19.9 Å². The Balaban J connectivity index is 2.03. The van der Waals surface area contributed by atoms with Gasteiger partial charge in [-0.05, 0) is 42.5 Å². The zero-order valence-corrected chi connectivity index (χ0v) is 18.1. The summed E-state index contributed by atoms with van der Waals surface area (Å²) in [4.78, 5) is 1.41. The number of nitrogens with one attached hydrogen (secondary N) is 1. The van der Waals surface area contributed by atoms with Gasteiger partial charge in [-0.1, -0.05) is 41.9 Å². The number of benzene rings is 3. The minimum atomic E-state index is -4.14. The highest BCUT2D eigenvalue weighted by molar-refractivity contribution is 7.93. The van der Waals surface area contributed by atoms with E-state index in [0.29, 0.717) is 11.4 Å². The number of sulfonamides is 1. The molecule has 29 heavy (non-hydrogen) atoms. The van der Waals surface area contributed by atoms with Gasteiger partial charge in [-0.15, -0.1) is 0 Å². The maximum absolute atomic E-state index is 13.0. The van der Waals surface area contributed by atoms with Crippen LogP contribution in [-0.4, -0.2) is 30.1 Å². The van der Waals surface area contributed by atoms with Gasteiger partial charge in [0.1, 0.15) is 4.90 Å². The zero-order chi connectivity index (χ0) is 21.2. The van der Waals surface area contributed by atoms with Gasteiger partial charge < -0.3 is 4.90 Å². The van der Waals surface area contributed by atoms with E-state index >= 15 is 0 Å². The molecule has 152 valence electrons. The van der Waals surface area contributed by atoms with E-state index in [1.807, 2.05) is 42.3 Å². The molecule has 0 heterocycles. The van der Waals surface area contributed by atoms with Crippen LogP contribution >= 0.6 is 11.6 Å². The predicted molar refractivity (Wildman–Crippen MR) is 116 cm³/mol. The molecule has 0 bridgehead atoms. The molecule has 3 aromatic carbocycles. The number of halogens is 1. The van der Waals surface area contributed by atoms with E-state index in [0.717, 1.165) is 18.0 Å². The molecule has 0 radical (unpaired) electrons. The van der Waals surface area contributed by atoms with Crippen molar-refractivity contribution in [1.29, 1.82) is 0 Å². The molecule has 0 fully saturated rings. The molecule has 0 amide bonds. The Kier molecular flexibility index (Phi) is 5.88. The largest absolute Gasteiger partial charge is 0.343 e. The fourth-order valence-electron chi connectivity index (χ4n) is 2.76. The molecular formula is C20H19ClN2O4S2. The van der Waals surface area contributed by atoms with Crippen molar-refractivity contribution >= 4 is 48.5 Å². The third kappa shape index (κ3) is 4.72. The molecule has 0 aliphatic rings. The van der Waals surface area contributed by atoms with Gasteiger partial charge in [0.05, 0.1) is 21.3 Å². The van der Waals surface area contributed by atoms with E-state index in [-0.39, 0.29) is 14.8 Å². The number of anilines is 3. The highest BCUT2D eigenvalue weighted by Gasteiger charge is 2.23. The second kappa shape index (κ2) is 8.06. The van der Waals surface area contributed by atoms with Gasteiger partial charge >= 0.3 is 0 Å². The van der Waals surface area contributed by atoms with E-state index in [1.165, 1.54) is 12.1 Å². The SMILES string of the molecule is CN(c1ccccc1)c1ccccc1NS(=O)(=O)c1cc(S(C)(=O)=O)ccc1Cl. The molecule has 0 spiro atoms. The normalized spacial score (nSPS) is 11.8. The maximum atomic E-state index is 13.0. The Bertz CT molecular complexity index is 1240. The summed E-state index contributed by atoms with van der Waals surface area (Å²) in [5.41, 5.74) is 1.83. The van der Waals surface area contributed by atoms with Crippen LogP contribution in [0.15, 0.2) is 82.6 Å². The van der Waals surface area contributed by atoms with Crippen molar-refractivity contribution in [2.45, 2.75) is 9.79 Å². The number of para-hydroxylation sites is 3. The molecule has 0 atom stereocenters. The minimum absolute atomic E-state index is 0.0706. The average Bonchev–Trinajstić information content (AvgIpc) is 2.67. The zero-order valence-electron chi connectivity index (χ0n) is 15.7. The van der Waals surface area contributed by atoms with Crippen molar-refractivity contribution < 1.29 is 16.8 Å². The molecule has 0 saturated heterocycles. The molecule has 0 aliphatic heterocycles. The summed E-state index contributed by atoms with van der Waals surface area (Å²) < 4.78 is 52.2. The Morgan fingerprint density at radius 3 is 2.14 bits per heavy atom. The van der Waals surface area contributed by atoms with E-state index in [9.17, 15) is 16.8 Å². The van der Waals surface area contributed by atoms with Gasteiger partial charge in [0.15, 0.2) is 9.84 Å². The predicted octanol–water partition coefficient (Wildman–Crippen LogP) is 4.31. The van der Waals surface area contributed by atoms with Crippen molar-refractivity contribution in [3.8, 4) is 0 Å². The first-order valence-electron chi connectivity index (χ1n) is 8.50. The van der Waals surface area contributed by atoms with E-state index in [1.54, 1.807) is 24.3 Å². The molecule has 9 heteroatoms. The third-order valence-electron chi connectivity index (χ3n) is 4.27. The first kappa shape index (κ1) is 21.2. The van der Waals surface area contributed by atoms with E-state index in [4.69, 9.17) is 11.6 Å². The van der Waals surface area contributed by atoms with Crippen molar-refractivity contribution in [2.24, 2.45) is 0 Å². The third-order valence-corrected chi connectivity index (χ3v) is 7.23. The maximum Gasteiger partial charge on any atom is 0.263 e. The van der Waals surface area contributed by atoms with Gasteiger partial charge in [0, 0.05) is 19.0 Å². The summed E-state index contributed by atoms with van der Waals surface area (Å²) in [6.07, 6.45) is 1.00. The first-order chi connectivity index (χ1) is 13.6. The molecule has 1 N–H and O–H groups in total. The molecule has 3 rings (SSSR count). The number of nitrogens with zero attached hydrogens (tertiary/aromatic N) is 1. The standard InChI is InChI=1S/C20H19ClN2O4S2/c1-23(15-8-4-3-5-9-15)19-11-7-6-10-18(19)22-29(26,27)20-14-16(28(2,24)25)12-13-17(20)21/h3-14,22H,1-2H3. The summed E-state index contributed by atoms with van der Waals surface area (Å²) >= 11 is 6.07. The molecule has 0 unspecified atom stereocenters. The van der Waals surface area contributed by atoms with Crippen molar-refractivity contribution in [1.82, 2.24) is 0 Å². The van der Waals surface area contributed by atoms with Crippen LogP contribution in [0.1, 0.15) is 0 Å². The number of rotatable bonds is 6. The summed E-state index contributed by atoms with van der Waals surface area (Å²) in [5, 5.41) is -0.0706. The van der Waals surface area contributed by atoms with Crippen LogP contribution in [0, 0.1) is 0 Å². The lowest BCUT2D eigenvalue weighted by Gasteiger charge is -2.23. The molecular weight excluding hydrogens is 432 g/mol. The fourth-order valence-corrected chi connectivity index (χ4v) is 5.09. The summed E-state index contributed by atoms with van der Waals surface area (Å²) in [6.45, 7) is 0. The van der Waals surface area contributed by atoms with Crippen LogP contribution < -0.4 is 9.62 Å². The Hall–Kier alpha value is -2.55. The first-order valence-corrected chi connectivity index (χ1v) is 12.2. The number of hydrogen-bond donors (Lipinski definition) is 1. The molecule has 6 nitrogen and oxygen atoms in total. The Morgan fingerprint density at radius 1 is 0.862 bits per heavy atom. The average molecular weight is 451 g/mol. The van der Waals surface area contributed by atoms with Crippen LogP contribution in [0.3, 0.4) is 0 Å². The minimum Gasteiger partial charge on any atom is -0.343 e. The van der Waals surface area contributed by atoms with Crippen LogP contribution in [0.25, 0.3) is 0 Å². The highest BCUT2D eigenvalue weighted by Crippen LogP contribution is 2.33. The number of sulfone groups is 1. The van der Waals surface area contributed by atoms with E-state index < -0.39 is 19.9 Å². The summed E-state index contributed by atoms with van der Waals surface area (Å²) in [6, 6.07) is 20.0. The molecule has 0 aromatic heterocycles. The van der Waals surface area contributed by atoms with Gasteiger partial charge in [-0.2, -0.15) is 0 Å². The van der Waals surface area contributed by atoms with Gasteiger partial charge in [-0.25, -0.2) is 16.8 Å². The van der Waals surface area contributed by atoms with Crippen LogP contribution in [0.4, 0.5) is 17.1 Å². The lowest BCUT2D eigenvalue weighted by atomic mass is 10.2.